The number of aryl methyl sites for hydroxylation is 2. The summed E-state index contributed by atoms with van der Waals surface area (Å²) in [4.78, 5) is 26.6. The van der Waals surface area contributed by atoms with Crippen molar-refractivity contribution in [2.24, 2.45) is 0 Å². The standard InChI is InChI=1S/C22H21FN6O2/c1-12-6-7-15(23)21-20(12)14(13(2)27-21)8-9-24-18-10-19(26-11-25-18)29-17-5-3-4-16(28-17)22(30)31/h3-7,10-11,27H,8-9H2,1-2H3,(H,30,31)(H2,24,25,26,28,29). The molecule has 0 saturated carbocycles. The molecular weight excluding hydrogens is 399 g/mol. The topological polar surface area (TPSA) is 116 Å². The van der Waals surface area contributed by atoms with Crippen LogP contribution in [0, 0.1) is 19.7 Å². The fraction of sp³-hybridized carbons (Fsp3) is 0.182. The molecule has 0 radical (unpaired) electrons. The second-order valence-electron chi connectivity index (χ2n) is 7.15. The molecule has 158 valence electrons. The number of halogens is 1. The highest BCUT2D eigenvalue weighted by Crippen LogP contribution is 2.28. The van der Waals surface area contributed by atoms with Gasteiger partial charge in [0.05, 0.1) is 5.52 Å². The van der Waals surface area contributed by atoms with Crippen molar-refractivity contribution in [2.75, 3.05) is 17.2 Å². The molecule has 3 aromatic heterocycles. The zero-order valence-corrected chi connectivity index (χ0v) is 17.0. The van der Waals surface area contributed by atoms with Gasteiger partial charge < -0.3 is 20.7 Å². The summed E-state index contributed by atoms with van der Waals surface area (Å²) < 4.78 is 14.1. The predicted octanol–water partition coefficient (Wildman–Crippen LogP) is 4.21. The van der Waals surface area contributed by atoms with Crippen molar-refractivity contribution >= 4 is 34.3 Å². The first-order chi connectivity index (χ1) is 14.9. The highest BCUT2D eigenvalue weighted by molar-refractivity contribution is 5.88. The molecule has 0 spiro atoms. The number of aromatic nitrogens is 4. The average Bonchev–Trinajstić information content (AvgIpc) is 3.09. The van der Waals surface area contributed by atoms with Gasteiger partial charge >= 0.3 is 5.97 Å². The van der Waals surface area contributed by atoms with Gasteiger partial charge in [-0.25, -0.2) is 24.1 Å². The van der Waals surface area contributed by atoms with Gasteiger partial charge in [-0.15, -0.1) is 0 Å². The monoisotopic (exact) mass is 420 g/mol. The van der Waals surface area contributed by atoms with Gasteiger partial charge in [-0.05, 0) is 49.6 Å². The predicted molar refractivity (Wildman–Crippen MR) is 116 cm³/mol. The number of H-pyrrole nitrogens is 1. The van der Waals surface area contributed by atoms with Crippen LogP contribution in [0.15, 0.2) is 42.7 Å². The number of anilines is 3. The third-order valence-corrected chi connectivity index (χ3v) is 5.00. The lowest BCUT2D eigenvalue weighted by molar-refractivity contribution is 0.0690. The third-order valence-electron chi connectivity index (χ3n) is 5.00. The van der Waals surface area contributed by atoms with E-state index in [1.165, 1.54) is 18.5 Å². The fourth-order valence-corrected chi connectivity index (χ4v) is 3.55. The maximum atomic E-state index is 14.1. The molecule has 0 bridgehead atoms. The van der Waals surface area contributed by atoms with Gasteiger partial charge in [0.15, 0.2) is 5.69 Å². The van der Waals surface area contributed by atoms with Gasteiger partial charge in [-0.2, -0.15) is 0 Å². The summed E-state index contributed by atoms with van der Waals surface area (Å²) in [5.74, 6) is 0.101. The van der Waals surface area contributed by atoms with Crippen LogP contribution in [0.25, 0.3) is 10.9 Å². The summed E-state index contributed by atoms with van der Waals surface area (Å²) in [6, 6.07) is 9.66. The van der Waals surface area contributed by atoms with Crippen LogP contribution in [-0.4, -0.2) is 37.6 Å². The molecule has 0 saturated heterocycles. The summed E-state index contributed by atoms with van der Waals surface area (Å²) >= 11 is 0. The Morgan fingerprint density at radius 1 is 1.13 bits per heavy atom. The third kappa shape index (κ3) is 4.30. The number of carboxylic acids is 1. The summed E-state index contributed by atoms with van der Waals surface area (Å²) in [5.41, 5.74) is 3.52. The SMILES string of the molecule is Cc1[nH]c2c(F)ccc(C)c2c1CCNc1cc(Nc2cccc(C(=O)O)n2)ncn1. The number of fused-ring (bicyclic) bond motifs is 1. The number of rotatable bonds is 7. The number of benzene rings is 1. The van der Waals surface area contributed by atoms with Crippen molar-refractivity contribution in [1.82, 2.24) is 19.9 Å². The molecule has 8 nitrogen and oxygen atoms in total. The van der Waals surface area contributed by atoms with E-state index in [4.69, 9.17) is 5.11 Å². The van der Waals surface area contributed by atoms with Gasteiger partial charge in [0.1, 0.15) is 29.6 Å². The molecule has 4 aromatic rings. The number of aromatic carboxylic acids is 1. The Labute approximate surface area is 177 Å². The molecular formula is C22H21FN6O2. The molecule has 0 aliphatic rings. The zero-order valence-electron chi connectivity index (χ0n) is 17.0. The highest BCUT2D eigenvalue weighted by atomic mass is 19.1. The number of carbonyl (C=O) groups is 1. The van der Waals surface area contributed by atoms with Gasteiger partial charge in [-0.1, -0.05) is 12.1 Å². The lowest BCUT2D eigenvalue weighted by Crippen LogP contribution is -2.08. The fourth-order valence-electron chi connectivity index (χ4n) is 3.55. The maximum absolute atomic E-state index is 14.1. The van der Waals surface area contributed by atoms with E-state index in [1.54, 1.807) is 24.3 Å². The Hall–Kier alpha value is -4.01. The average molecular weight is 420 g/mol. The van der Waals surface area contributed by atoms with Crippen LogP contribution in [0.1, 0.15) is 27.3 Å². The van der Waals surface area contributed by atoms with E-state index in [1.807, 2.05) is 13.8 Å². The first-order valence-corrected chi connectivity index (χ1v) is 9.72. The molecule has 31 heavy (non-hydrogen) atoms. The second-order valence-corrected chi connectivity index (χ2v) is 7.15. The van der Waals surface area contributed by atoms with E-state index in [0.717, 1.165) is 22.2 Å². The zero-order chi connectivity index (χ0) is 22.0. The molecule has 3 heterocycles. The summed E-state index contributed by atoms with van der Waals surface area (Å²) in [6.45, 7) is 4.51. The number of hydrogen-bond acceptors (Lipinski definition) is 6. The summed E-state index contributed by atoms with van der Waals surface area (Å²) in [6.07, 6.45) is 2.09. The van der Waals surface area contributed by atoms with E-state index in [9.17, 15) is 9.18 Å². The van der Waals surface area contributed by atoms with E-state index >= 15 is 0 Å². The summed E-state index contributed by atoms with van der Waals surface area (Å²) in [5, 5.41) is 16.2. The van der Waals surface area contributed by atoms with Crippen LogP contribution < -0.4 is 10.6 Å². The normalized spacial score (nSPS) is 10.9. The summed E-state index contributed by atoms with van der Waals surface area (Å²) in [7, 11) is 0. The minimum atomic E-state index is -1.10. The smallest absolute Gasteiger partial charge is 0.354 e. The minimum absolute atomic E-state index is 0.0572. The van der Waals surface area contributed by atoms with Crippen LogP contribution in [0.3, 0.4) is 0 Å². The maximum Gasteiger partial charge on any atom is 0.354 e. The Bertz CT molecular complexity index is 1270. The quantitative estimate of drug-likeness (QED) is 0.354. The minimum Gasteiger partial charge on any atom is -0.477 e. The molecule has 0 aliphatic heterocycles. The molecule has 4 rings (SSSR count). The van der Waals surface area contributed by atoms with Crippen LogP contribution in [0.2, 0.25) is 0 Å². The molecule has 0 fully saturated rings. The van der Waals surface area contributed by atoms with Crippen molar-refractivity contribution in [3.8, 4) is 0 Å². The van der Waals surface area contributed by atoms with E-state index in [2.05, 4.69) is 30.6 Å². The lowest BCUT2D eigenvalue weighted by Gasteiger charge is -2.09. The van der Waals surface area contributed by atoms with Crippen LogP contribution in [0.4, 0.5) is 21.8 Å². The molecule has 4 N–H and O–H groups in total. The molecule has 0 unspecified atom stereocenters. The number of hydrogen-bond donors (Lipinski definition) is 4. The Morgan fingerprint density at radius 2 is 1.94 bits per heavy atom. The number of nitrogens with one attached hydrogen (secondary N) is 3. The van der Waals surface area contributed by atoms with E-state index in [-0.39, 0.29) is 11.5 Å². The van der Waals surface area contributed by atoms with Crippen molar-refractivity contribution in [1.29, 1.82) is 0 Å². The Morgan fingerprint density at radius 3 is 2.74 bits per heavy atom. The number of carboxylic acid groups (broad SMARTS) is 1. The molecule has 1 aromatic carbocycles. The number of nitrogens with zero attached hydrogens (tertiary/aromatic N) is 3. The second kappa shape index (κ2) is 8.39. The van der Waals surface area contributed by atoms with Crippen molar-refractivity contribution < 1.29 is 14.3 Å². The molecule has 0 atom stereocenters. The molecule has 0 amide bonds. The van der Waals surface area contributed by atoms with Crippen molar-refractivity contribution in [3.05, 3.63) is 71.1 Å². The van der Waals surface area contributed by atoms with Crippen LogP contribution >= 0.6 is 0 Å². The molecule has 9 heteroatoms. The first kappa shape index (κ1) is 20.3. The van der Waals surface area contributed by atoms with Crippen LogP contribution in [0.5, 0.6) is 0 Å². The van der Waals surface area contributed by atoms with Gasteiger partial charge in [0.25, 0.3) is 0 Å². The van der Waals surface area contributed by atoms with Gasteiger partial charge in [0, 0.05) is 23.7 Å². The van der Waals surface area contributed by atoms with Gasteiger partial charge in [0.2, 0.25) is 0 Å². The Balaban J connectivity index is 1.45. The van der Waals surface area contributed by atoms with E-state index < -0.39 is 5.97 Å². The number of pyridine rings is 1. The van der Waals surface area contributed by atoms with Crippen LogP contribution in [-0.2, 0) is 6.42 Å². The van der Waals surface area contributed by atoms with Crippen molar-refractivity contribution in [2.45, 2.75) is 20.3 Å². The lowest BCUT2D eigenvalue weighted by atomic mass is 10.0. The first-order valence-electron chi connectivity index (χ1n) is 9.72. The Kier molecular flexibility index (Phi) is 5.48. The molecule has 0 aliphatic carbocycles. The van der Waals surface area contributed by atoms with Crippen molar-refractivity contribution in [3.63, 3.8) is 0 Å². The van der Waals surface area contributed by atoms with Gasteiger partial charge in [-0.3, -0.25) is 0 Å². The number of aromatic amines is 1. The highest BCUT2D eigenvalue weighted by Gasteiger charge is 2.14. The van der Waals surface area contributed by atoms with E-state index in [0.29, 0.717) is 35.9 Å². The largest absolute Gasteiger partial charge is 0.477 e.